The van der Waals surface area contributed by atoms with Gasteiger partial charge in [-0.05, 0) is 43.7 Å². The lowest BCUT2D eigenvalue weighted by molar-refractivity contribution is -0.120. The molecule has 0 saturated carbocycles. The van der Waals surface area contributed by atoms with E-state index in [0.29, 0.717) is 5.92 Å². The van der Waals surface area contributed by atoms with Crippen LogP contribution in [-0.2, 0) is 10.3 Å². The van der Waals surface area contributed by atoms with Gasteiger partial charge < -0.3 is 5.32 Å². The smallest absolute Gasteiger partial charge is 0.217 e. The minimum absolute atomic E-state index is 0.00367. The van der Waals surface area contributed by atoms with Gasteiger partial charge in [0.1, 0.15) is 0 Å². The highest BCUT2D eigenvalue weighted by molar-refractivity contribution is 5.75. The molecule has 106 valence electrons. The number of rotatable bonds is 3. The third kappa shape index (κ3) is 2.69. The van der Waals surface area contributed by atoms with Gasteiger partial charge in [0, 0.05) is 6.92 Å². The molecule has 0 aromatic heterocycles. The lowest BCUT2D eigenvalue weighted by Crippen LogP contribution is -2.48. The van der Waals surface area contributed by atoms with Crippen LogP contribution in [0, 0.1) is 5.92 Å². The summed E-state index contributed by atoms with van der Waals surface area (Å²) in [5, 5.41) is 3.20. The predicted molar refractivity (Wildman–Crippen MR) is 83.2 cm³/mol. The van der Waals surface area contributed by atoms with Crippen LogP contribution in [0.15, 0.2) is 54.1 Å². The van der Waals surface area contributed by atoms with Crippen molar-refractivity contribution >= 4 is 5.91 Å². The molecule has 20 heavy (non-hydrogen) atoms. The fourth-order valence-corrected chi connectivity index (χ4v) is 3.07. The summed E-state index contributed by atoms with van der Waals surface area (Å²) in [6.45, 7) is 9.87. The van der Waals surface area contributed by atoms with Crippen LogP contribution in [0.5, 0.6) is 0 Å². The fraction of sp³-hybridized carbons (Fsp3) is 0.389. The van der Waals surface area contributed by atoms with E-state index in [1.807, 2.05) is 18.2 Å². The monoisotopic (exact) mass is 269 g/mol. The van der Waals surface area contributed by atoms with Crippen molar-refractivity contribution in [1.29, 1.82) is 0 Å². The molecule has 1 aromatic rings. The third-order valence-corrected chi connectivity index (χ3v) is 4.29. The molecule has 1 N–H and O–H groups in total. The number of hydrogen-bond donors (Lipinski definition) is 1. The summed E-state index contributed by atoms with van der Waals surface area (Å²) < 4.78 is 0. The summed E-state index contributed by atoms with van der Waals surface area (Å²) in [6, 6.07) is 10.2. The number of nitrogens with one attached hydrogen (secondary N) is 1. The van der Waals surface area contributed by atoms with Crippen molar-refractivity contribution in [2.24, 2.45) is 5.92 Å². The molecule has 1 aliphatic carbocycles. The maximum Gasteiger partial charge on any atom is 0.217 e. The van der Waals surface area contributed by atoms with Gasteiger partial charge in [-0.1, -0.05) is 48.6 Å². The lowest BCUT2D eigenvalue weighted by Gasteiger charge is -2.42. The van der Waals surface area contributed by atoms with Gasteiger partial charge in [-0.3, -0.25) is 4.79 Å². The van der Waals surface area contributed by atoms with E-state index in [-0.39, 0.29) is 5.91 Å². The summed E-state index contributed by atoms with van der Waals surface area (Å²) in [5.41, 5.74) is 3.15. The summed E-state index contributed by atoms with van der Waals surface area (Å²) in [7, 11) is 0. The van der Waals surface area contributed by atoms with Gasteiger partial charge in [0.2, 0.25) is 5.91 Å². The molecule has 1 unspecified atom stereocenters. The molecule has 0 saturated heterocycles. The van der Waals surface area contributed by atoms with Crippen LogP contribution in [-0.4, -0.2) is 5.91 Å². The van der Waals surface area contributed by atoms with Crippen molar-refractivity contribution in [2.45, 2.75) is 39.2 Å². The quantitative estimate of drug-likeness (QED) is 0.827. The maximum absolute atomic E-state index is 11.8. The van der Waals surface area contributed by atoms with E-state index in [0.717, 1.165) is 18.4 Å². The van der Waals surface area contributed by atoms with Crippen molar-refractivity contribution < 1.29 is 4.79 Å². The summed E-state index contributed by atoms with van der Waals surface area (Å²) in [5.74, 6) is 0.412. The SMILES string of the molecule is C=C(C)[C@@H]1CC=C(C)C(NC(C)=O)(c2ccccc2)C1. The highest BCUT2D eigenvalue weighted by Gasteiger charge is 2.39. The summed E-state index contributed by atoms with van der Waals surface area (Å²) in [4.78, 5) is 11.8. The van der Waals surface area contributed by atoms with Gasteiger partial charge in [0.15, 0.2) is 0 Å². The minimum atomic E-state index is -0.394. The molecular formula is C18H23NO. The predicted octanol–water partition coefficient (Wildman–Crippen LogP) is 3.95. The second-order valence-electron chi connectivity index (χ2n) is 5.82. The molecule has 2 rings (SSSR count). The number of hydrogen-bond acceptors (Lipinski definition) is 1. The van der Waals surface area contributed by atoms with E-state index in [2.05, 4.69) is 44.0 Å². The molecule has 1 aromatic carbocycles. The van der Waals surface area contributed by atoms with E-state index in [1.165, 1.54) is 11.1 Å². The Morgan fingerprint density at radius 3 is 2.50 bits per heavy atom. The molecule has 0 fully saturated rings. The van der Waals surface area contributed by atoms with E-state index < -0.39 is 5.54 Å². The minimum Gasteiger partial charge on any atom is -0.343 e. The number of carbonyl (C=O) groups is 1. The first-order valence-corrected chi connectivity index (χ1v) is 7.12. The Bertz CT molecular complexity index is 544. The van der Waals surface area contributed by atoms with E-state index >= 15 is 0 Å². The average molecular weight is 269 g/mol. The van der Waals surface area contributed by atoms with Gasteiger partial charge in [0.05, 0.1) is 5.54 Å². The third-order valence-electron chi connectivity index (χ3n) is 4.29. The van der Waals surface area contributed by atoms with Gasteiger partial charge >= 0.3 is 0 Å². The van der Waals surface area contributed by atoms with Crippen LogP contribution in [0.4, 0.5) is 0 Å². The molecule has 2 heteroatoms. The van der Waals surface area contributed by atoms with Crippen molar-refractivity contribution in [3.8, 4) is 0 Å². The van der Waals surface area contributed by atoms with Crippen LogP contribution in [0.25, 0.3) is 0 Å². The fourth-order valence-electron chi connectivity index (χ4n) is 3.07. The Morgan fingerprint density at radius 2 is 1.95 bits per heavy atom. The lowest BCUT2D eigenvalue weighted by atomic mass is 9.70. The van der Waals surface area contributed by atoms with Crippen LogP contribution in [0.2, 0.25) is 0 Å². The number of carbonyl (C=O) groups excluding carboxylic acids is 1. The average Bonchev–Trinajstić information content (AvgIpc) is 2.41. The van der Waals surface area contributed by atoms with Crippen molar-refractivity contribution in [3.05, 3.63) is 59.7 Å². The van der Waals surface area contributed by atoms with Crippen molar-refractivity contribution in [2.75, 3.05) is 0 Å². The Hall–Kier alpha value is -1.83. The van der Waals surface area contributed by atoms with Crippen LogP contribution < -0.4 is 5.32 Å². The second-order valence-corrected chi connectivity index (χ2v) is 5.82. The highest BCUT2D eigenvalue weighted by Crippen LogP contribution is 2.42. The second kappa shape index (κ2) is 5.66. The van der Waals surface area contributed by atoms with E-state index in [9.17, 15) is 4.79 Å². The van der Waals surface area contributed by atoms with Crippen LogP contribution in [0.3, 0.4) is 0 Å². The first-order valence-electron chi connectivity index (χ1n) is 7.12. The Kier molecular flexibility index (Phi) is 4.12. The molecule has 0 heterocycles. The standard InChI is InChI=1S/C18H23NO/c1-13(2)16-11-10-14(3)18(12-16,19-15(4)20)17-8-6-5-7-9-17/h5-10,16H,1,11-12H2,2-4H3,(H,19,20)/t16-,18?/m1/s1. The summed E-state index contributed by atoms with van der Waals surface area (Å²) in [6.07, 6.45) is 4.13. The zero-order chi connectivity index (χ0) is 14.8. The Labute approximate surface area is 121 Å². The maximum atomic E-state index is 11.8. The number of benzene rings is 1. The molecule has 0 spiro atoms. The molecule has 2 atom stereocenters. The van der Waals surface area contributed by atoms with Crippen LogP contribution in [0.1, 0.15) is 39.2 Å². The topological polar surface area (TPSA) is 29.1 Å². The first-order chi connectivity index (χ1) is 9.45. The highest BCUT2D eigenvalue weighted by atomic mass is 16.1. The molecular weight excluding hydrogens is 246 g/mol. The summed E-state index contributed by atoms with van der Waals surface area (Å²) >= 11 is 0. The Balaban J connectivity index is 2.51. The van der Waals surface area contributed by atoms with E-state index in [4.69, 9.17) is 0 Å². The van der Waals surface area contributed by atoms with Crippen molar-refractivity contribution in [1.82, 2.24) is 5.32 Å². The number of amides is 1. The molecule has 0 aliphatic heterocycles. The van der Waals surface area contributed by atoms with Crippen molar-refractivity contribution in [3.63, 3.8) is 0 Å². The zero-order valence-corrected chi connectivity index (χ0v) is 12.6. The molecule has 1 aliphatic rings. The van der Waals surface area contributed by atoms with Gasteiger partial charge in [-0.2, -0.15) is 0 Å². The molecule has 2 nitrogen and oxygen atoms in total. The van der Waals surface area contributed by atoms with Gasteiger partial charge in [-0.15, -0.1) is 0 Å². The Morgan fingerprint density at radius 1 is 1.30 bits per heavy atom. The van der Waals surface area contributed by atoms with Gasteiger partial charge in [-0.25, -0.2) is 0 Å². The van der Waals surface area contributed by atoms with E-state index in [1.54, 1.807) is 6.92 Å². The zero-order valence-electron chi connectivity index (χ0n) is 12.6. The largest absolute Gasteiger partial charge is 0.343 e. The number of allylic oxidation sites excluding steroid dienone is 2. The molecule has 0 bridgehead atoms. The van der Waals surface area contributed by atoms with Gasteiger partial charge in [0.25, 0.3) is 0 Å². The van der Waals surface area contributed by atoms with Crippen LogP contribution >= 0.6 is 0 Å². The molecule has 0 radical (unpaired) electrons. The molecule has 1 amide bonds. The first kappa shape index (κ1) is 14.6. The normalized spacial score (nSPS) is 25.8.